The summed E-state index contributed by atoms with van der Waals surface area (Å²) in [6.07, 6.45) is 12.3. The third-order valence-electron chi connectivity index (χ3n) is 4.38. The summed E-state index contributed by atoms with van der Waals surface area (Å²) in [4.78, 5) is 11.2. The van der Waals surface area contributed by atoms with Crippen LogP contribution < -0.4 is 4.90 Å². The fourth-order valence-corrected chi connectivity index (χ4v) is 3.55. The zero-order valence-electron chi connectivity index (χ0n) is 10.0. The quantitative estimate of drug-likeness (QED) is 0.733. The van der Waals surface area contributed by atoms with Gasteiger partial charge in [0.1, 0.15) is 0 Å². The number of halogens is 1. The molecule has 0 bridgehead atoms. The smallest absolute Gasteiger partial charge is 0.225 e. The standard InChI is InChI=1S/C13H18IN3/c14-11-9-15-12(16-10-11)17-7-5-13(6-8-17)3-1-2-4-13/h9-10H,1-8H2. The van der Waals surface area contributed by atoms with E-state index in [1.807, 2.05) is 12.4 Å². The number of nitrogens with zero attached hydrogens (tertiary/aromatic N) is 3. The highest BCUT2D eigenvalue weighted by atomic mass is 127. The van der Waals surface area contributed by atoms with Crippen molar-refractivity contribution in [1.29, 1.82) is 0 Å². The summed E-state index contributed by atoms with van der Waals surface area (Å²) in [6.45, 7) is 2.28. The Morgan fingerprint density at radius 3 is 2.18 bits per heavy atom. The molecule has 2 aliphatic rings. The number of aromatic nitrogens is 2. The largest absolute Gasteiger partial charge is 0.341 e. The molecule has 0 atom stereocenters. The van der Waals surface area contributed by atoms with Crippen LogP contribution in [0.5, 0.6) is 0 Å². The highest BCUT2D eigenvalue weighted by molar-refractivity contribution is 14.1. The Morgan fingerprint density at radius 1 is 1.00 bits per heavy atom. The molecule has 4 heteroatoms. The lowest BCUT2D eigenvalue weighted by Gasteiger charge is -2.39. The van der Waals surface area contributed by atoms with Crippen molar-refractivity contribution in [1.82, 2.24) is 9.97 Å². The first kappa shape index (κ1) is 11.7. The Balaban J connectivity index is 1.66. The fraction of sp³-hybridized carbons (Fsp3) is 0.692. The second-order valence-electron chi connectivity index (χ2n) is 5.40. The maximum Gasteiger partial charge on any atom is 0.225 e. The van der Waals surface area contributed by atoms with E-state index in [0.29, 0.717) is 5.41 Å². The molecule has 0 unspecified atom stereocenters. The van der Waals surface area contributed by atoms with Crippen LogP contribution in [0.4, 0.5) is 5.95 Å². The average molecular weight is 343 g/mol. The summed E-state index contributed by atoms with van der Waals surface area (Å²) < 4.78 is 1.11. The Hall–Kier alpha value is -0.390. The molecule has 92 valence electrons. The van der Waals surface area contributed by atoms with Gasteiger partial charge in [0.15, 0.2) is 0 Å². The average Bonchev–Trinajstić information content (AvgIpc) is 2.80. The number of hydrogen-bond donors (Lipinski definition) is 0. The molecule has 1 saturated carbocycles. The lowest BCUT2D eigenvalue weighted by molar-refractivity contribution is 0.225. The molecule has 0 N–H and O–H groups in total. The van der Waals surface area contributed by atoms with E-state index < -0.39 is 0 Å². The molecular weight excluding hydrogens is 325 g/mol. The van der Waals surface area contributed by atoms with Gasteiger partial charge in [0.05, 0.1) is 0 Å². The van der Waals surface area contributed by atoms with Gasteiger partial charge >= 0.3 is 0 Å². The van der Waals surface area contributed by atoms with E-state index in [1.54, 1.807) is 0 Å². The van der Waals surface area contributed by atoms with Gasteiger partial charge in [-0.15, -0.1) is 0 Å². The number of anilines is 1. The number of rotatable bonds is 1. The first-order chi connectivity index (χ1) is 8.27. The first-order valence-electron chi connectivity index (χ1n) is 6.50. The third kappa shape index (κ3) is 2.41. The first-order valence-corrected chi connectivity index (χ1v) is 7.58. The topological polar surface area (TPSA) is 29.0 Å². The summed E-state index contributed by atoms with van der Waals surface area (Å²) in [7, 11) is 0. The predicted molar refractivity (Wildman–Crippen MR) is 77.1 cm³/mol. The van der Waals surface area contributed by atoms with E-state index in [-0.39, 0.29) is 0 Å². The van der Waals surface area contributed by atoms with E-state index in [9.17, 15) is 0 Å². The van der Waals surface area contributed by atoms with Crippen molar-refractivity contribution in [3.05, 3.63) is 16.0 Å². The molecule has 1 aliphatic heterocycles. The maximum absolute atomic E-state index is 4.42. The van der Waals surface area contributed by atoms with Gasteiger partial charge in [-0.1, -0.05) is 12.8 Å². The highest BCUT2D eigenvalue weighted by Crippen LogP contribution is 2.46. The Morgan fingerprint density at radius 2 is 1.59 bits per heavy atom. The normalized spacial score (nSPS) is 23.2. The van der Waals surface area contributed by atoms with Crippen LogP contribution in [-0.4, -0.2) is 23.1 Å². The van der Waals surface area contributed by atoms with Crippen LogP contribution in [0.2, 0.25) is 0 Å². The molecular formula is C13H18IN3. The van der Waals surface area contributed by atoms with E-state index in [0.717, 1.165) is 22.6 Å². The van der Waals surface area contributed by atoms with E-state index in [1.165, 1.54) is 38.5 Å². The molecule has 2 fully saturated rings. The predicted octanol–water partition coefficient (Wildman–Crippen LogP) is 3.24. The minimum Gasteiger partial charge on any atom is -0.341 e. The van der Waals surface area contributed by atoms with Crippen molar-refractivity contribution in [2.75, 3.05) is 18.0 Å². The van der Waals surface area contributed by atoms with Crippen LogP contribution in [0.3, 0.4) is 0 Å². The van der Waals surface area contributed by atoms with Crippen molar-refractivity contribution in [2.45, 2.75) is 38.5 Å². The lowest BCUT2D eigenvalue weighted by atomic mass is 9.77. The van der Waals surface area contributed by atoms with Crippen molar-refractivity contribution < 1.29 is 0 Å². The third-order valence-corrected chi connectivity index (χ3v) is 4.93. The second-order valence-corrected chi connectivity index (χ2v) is 6.64. The van der Waals surface area contributed by atoms with Crippen LogP contribution in [0.15, 0.2) is 12.4 Å². The molecule has 17 heavy (non-hydrogen) atoms. The highest BCUT2D eigenvalue weighted by Gasteiger charge is 2.37. The SMILES string of the molecule is Ic1cnc(N2CCC3(CCCC3)CC2)nc1. The van der Waals surface area contributed by atoms with Gasteiger partial charge in [-0.3, -0.25) is 0 Å². The van der Waals surface area contributed by atoms with Crippen LogP contribution in [0.1, 0.15) is 38.5 Å². The molecule has 1 aliphatic carbocycles. The molecule has 3 nitrogen and oxygen atoms in total. The van der Waals surface area contributed by atoms with E-state index in [4.69, 9.17) is 0 Å². The Kier molecular flexibility index (Phi) is 3.23. The van der Waals surface area contributed by atoms with Crippen LogP contribution in [0.25, 0.3) is 0 Å². The van der Waals surface area contributed by atoms with Gasteiger partial charge in [0, 0.05) is 29.1 Å². The minimum atomic E-state index is 0.680. The molecule has 3 rings (SSSR count). The Labute approximate surface area is 116 Å². The van der Waals surface area contributed by atoms with Gasteiger partial charge in [-0.2, -0.15) is 0 Å². The molecule has 0 amide bonds. The van der Waals surface area contributed by atoms with Gasteiger partial charge < -0.3 is 4.90 Å². The van der Waals surface area contributed by atoms with Crippen LogP contribution in [0, 0.1) is 8.99 Å². The van der Waals surface area contributed by atoms with Crippen molar-refractivity contribution >= 4 is 28.5 Å². The fourth-order valence-electron chi connectivity index (χ4n) is 3.27. The van der Waals surface area contributed by atoms with Crippen LogP contribution >= 0.6 is 22.6 Å². The molecule has 0 radical (unpaired) electrons. The monoisotopic (exact) mass is 343 g/mol. The van der Waals surface area contributed by atoms with Gasteiger partial charge in [0.25, 0.3) is 0 Å². The molecule has 1 aromatic heterocycles. The van der Waals surface area contributed by atoms with Crippen LogP contribution in [-0.2, 0) is 0 Å². The minimum absolute atomic E-state index is 0.680. The maximum atomic E-state index is 4.42. The Bertz CT molecular complexity index is 374. The summed E-state index contributed by atoms with van der Waals surface area (Å²) in [5.41, 5.74) is 0.680. The van der Waals surface area contributed by atoms with E-state index in [2.05, 4.69) is 37.5 Å². The van der Waals surface area contributed by atoms with E-state index >= 15 is 0 Å². The summed E-state index contributed by atoms with van der Waals surface area (Å²) in [5.74, 6) is 0.915. The zero-order chi connectivity index (χ0) is 11.7. The molecule has 1 aromatic rings. The number of piperidine rings is 1. The summed E-state index contributed by atoms with van der Waals surface area (Å²) in [6, 6.07) is 0. The van der Waals surface area contributed by atoms with Gasteiger partial charge in [-0.25, -0.2) is 9.97 Å². The zero-order valence-corrected chi connectivity index (χ0v) is 12.2. The summed E-state index contributed by atoms with van der Waals surface area (Å²) >= 11 is 2.25. The number of hydrogen-bond acceptors (Lipinski definition) is 3. The summed E-state index contributed by atoms with van der Waals surface area (Å²) in [5, 5.41) is 0. The lowest BCUT2D eigenvalue weighted by Crippen LogP contribution is -2.39. The molecule has 2 heterocycles. The van der Waals surface area contributed by atoms with Crippen molar-refractivity contribution in [2.24, 2.45) is 5.41 Å². The molecule has 0 aromatic carbocycles. The second kappa shape index (κ2) is 4.71. The molecule has 1 saturated heterocycles. The van der Waals surface area contributed by atoms with Crippen molar-refractivity contribution in [3.63, 3.8) is 0 Å². The molecule has 1 spiro atoms. The van der Waals surface area contributed by atoms with Gasteiger partial charge in [0.2, 0.25) is 5.95 Å². The van der Waals surface area contributed by atoms with Gasteiger partial charge in [-0.05, 0) is 53.7 Å². The van der Waals surface area contributed by atoms with Crippen molar-refractivity contribution in [3.8, 4) is 0 Å².